The van der Waals surface area contributed by atoms with Crippen molar-refractivity contribution >= 4 is 17.6 Å². The van der Waals surface area contributed by atoms with Crippen molar-refractivity contribution in [3.05, 3.63) is 35.9 Å². The van der Waals surface area contributed by atoms with E-state index in [1.807, 2.05) is 13.0 Å². The molecule has 24 heavy (non-hydrogen) atoms. The molecule has 1 rings (SSSR count). The molecule has 0 heterocycles. The van der Waals surface area contributed by atoms with Crippen LogP contribution in [0.25, 0.3) is 0 Å². The maximum Gasteiger partial charge on any atom is 0.249 e. The topological polar surface area (TPSA) is 95.5 Å². The molecular formula is C18H26N2O4. The number of ketones is 1. The zero-order valence-corrected chi connectivity index (χ0v) is 14.4. The summed E-state index contributed by atoms with van der Waals surface area (Å²) in [5, 5.41) is 14.9. The van der Waals surface area contributed by atoms with Crippen molar-refractivity contribution in [2.24, 2.45) is 5.92 Å². The highest BCUT2D eigenvalue weighted by Crippen LogP contribution is 2.13. The van der Waals surface area contributed by atoms with Crippen LogP contribution in [0, 0.1) is 5.92 Å². The van der Waals surface area contributed by atoms with E-state index in [1.54, 1.807) is 31.2 Å². The predicted octanol–water partition coefficient (Wildman–Crippen LogP) is 1.35. The molecule has 0 bridgehead atoms. The highest BCUT2D eigenvalue weighted by Gasteiger charge is 2.23. The van der Waals surface area contributed by atoms with Gasteiger partial charge in [-0.1, -0.05) is 50.6 Å². The fourth-order valence-corrected chi connectivity index (χ4v) is 2.42. The van der Waals surface area contributed by atoms with Crippen LogP contribution in [0.3, 0.4) is 0 Å². The molecule has 0 aliphatic heterocycles. The standard InChI is InChI=1S/C18H26N2O4/c1-4-8-12(2)17(23)18(24)19-11-15(22)20-16(13(3)21)14-9-6-5-7-10-14/h5-7,9-10,12,16-17,23H,4,8,11H2,1-3H3,(H,19,24)(H,20,22). The molecule has 3 atom stereocenters. The Labute approximate surface area is 142 Å². The lowest BCUT2D eigenvalue weighted by molar-refractivity contribution is -0.134. The first-order chi connectivity index (χ1) is 11.4. The molecule has 3 unspecified atom stereocenters. The molecule has 0 spiro atoms. The molecule has 0 saturated carbocycles. The minimum absolute atomic E-state index is 0.174. The smallest absolute Gasteiger partial charge is 0.249 e. The number of hydrogen-bond acceptors (Lipinski definition) is 4. The maximum absolute atomic E-state index is 12.0. The molecule has 3 N–H and O–H groups in total. The number of aliphatic hydroxyl groups excluding tert-OH is 1. The summed E-state index contributed by atoms with van der Waals surface area (Å²) >= 11 is 0. The molecule has 0 aromatic heterocycles. The lowest BCUT2D eigenvalue weighted by atomic mass is 9.99. The highest BCUT2D eigenvalue weighted by atomic mass is 16.3. The SMILES string of the molecule is CCCC(C)C(O)C(=O)NCC(=O)NC(C(C)=O)c1ccccc1. The summed E-state index contributed by atoms with van der Waals surface area (Å²) in [4.78, 5) is 35.6. The third-order valence-electron chi connectivity index (χ3n) is 3.82. The second-order valence-corrected chi connectivity index (χ2v) is 5.95. The molecule has 0 aliphatic rings. The zero-order valence-electron chi connectivity index (χ0n) is 14.4. The normalized spacial score (nSPS) is 14.3. The largest absolute Gasteiger partial charge is 0.383 e. The summed E-state index contributed by atoms with van der Waals surface area (Å²) in [6, 6.07) is 8.14. The Kier molecular flexibility index (Phi) is 8.12. The van der Waals surface area contributed by atoms with Crippen molar-refractivity contribution in [2.45, 2.75) is 45.8 Å². The van der Waals surface area contributed by atoms with E-state index in [-0.39, 0.29) is 18.2 Å². The summed E-state index contributed by atoms with van der Waals surface area (Å²) in [7, 11) is 0. The van der Waals surface area contributed by atoms with E-state index in [9.17, 15) is 19.5 Å². The molecule has 0 aliphatic carbocycles. The van der Waals surface area contributed by atoms with E-state index in [4.69, 9.17) is 0 Å². The van der Waals surface area contributed by atoms with E-state index >= 15 is 0 Å². The van der Waals surface area contributed by atoms with Gasteiger partial charge in [0.15, 0.2) is 5.78 Å². The lowest BCUT2D eigenvalue weighted by Gasteiger charge is -2.19. The van der Waals surface area contributed by atoms with Crippen LogP contribution in [0.2, 0.25) is 0 Å². The average Bonchev–Trinajstić information content (AvgIpc) is 2.57. The molecule has 0 radical (unpaired) electrons. The van der Waals surface area contributed by atoms with Crippen LogP contribution < -0.4 is 10.6 Å². The van der Waals surface area contributed by atoms with E-state index in [0.29, 0.717) is 5.56 Å². The van der Waals surface area contributed by atoms with Crippen molar-refractivity contribution in [3.8, 4) is 0 Å². The predicted molar refractivity (Wildman–Crippen MR) is 91.1 cm³/mol. The molecule has 2 amide bonds. The lowest BCUT2D eigenvalue weighted by Crippen LogP contribution is -2.45. The van der Waals surface area contributed by atoms with Gasteiger partial charge in [-0.05, 0) is 24.8 Å². The Hall–Kier alpha value is -2.21. The molecule has 6 nitrogen and oxygen atoms in total. The summed E-state index contributed by atoms with van der Waals surface area (Å²) in [5.41, 5.74) is 0.682. The monoisotopic (exact) mass is 334 g/mol. The van der Waals surface area contributed by atoms with Crippen LogP contribution in [0.15, 0.2) is 30.3 Å². The average molecular weight is 334 g/mol. The second-order valence-electron chi connectivity index (χ2n) is 5.95. The summed E-state index contributed by atoms with van der Waals surface area (Å²) in [6.07, 6.45) is 0.445. The Balaban J connectivity index is 2.55. The third kappa shape index (κ3) is 6.12. The van der Waals surface area contributed by atoms with Gasteiger partial charge < -0.3 is 15.7 Å². The number of Topliss-reactive ketones (excluding diaryl/α,β-unsaturated/α-hetero) is 1. The van der Waals surface area contributed by atoms with Crippen LogP contribution in [0.1, 0.15) is 45.2 Å². The van der Waals surface area contributed by atoms with Gasteiger partial charge in [0.05, 0.1) is 6.54 Å². The number of benzene rings is 1. The van der Waals surface area contributed by atoms with Crippen molar-refractivity contribution in [1.29, 1.82) is 0 Å². The van der Waals surface area contributed by atoms with Crippen LogP contribution >= 0.6 is 0 Å². The first kappa shape index (κ1) is 19.8. The minimum Gasteiger partial charge on any atom is -0.383 e. The van der Waals surface area contributed by atoms with Crippen LogP contribution in [-0.2, 0) is 14.4 Å². The van der Waals surface area contributed by atoms with Crippen molar-refractivity contribution < 1.29 is 19.5 Å². The summed E-state index contributed by atoms with van der Waals surface area (Å²) in [6.45, 7) is 4.87. The van der Waals surface area contributed by atoms with Crippen molar-refractivity contribution in [3.63, 3.8) is 0 Å². The Bertz CT molecular complexity index is 559. The Morgan fingerprint density at radius 1 is 1.17 bits per heavy atom. The van der Waals surface area contributed by atoms with Gasteiger partial charge in [-0.3, -0.25) is 14.4 Å². The minimum atomic E-state index is -1.14. The molecule has 6 heteroatoms. The number of carbonyl (C=O) groups excluding carboxylic acids is 3. The van der Waals surface area contributed by atoms with E-state index in [1.165, 1.54) is 6.92 Å². The summed E-state index contributed by atoms with van der Waals surface area (Å²) in [5.74, 6) is -1.43. The first-order valence-electron chi connectivity index (χ1n) is 8.17. The second kappa shape index (κ2) is 9.82. The zero-order chi connectivity index (χ0) is 18.1. The van der Waals surface area contributed by atoms with Gasteiger partial charge in [0.2, 0.25) is 11.8 Å². The van der Waals surface area contributed by atoms with Crippen LogP contribution in [0.4, 0.5) is 0 Å². The van der Waals surface area contributed by atoms with E-state index in [0.717, 1.165) is 12.8 Å². The van der Waals surface area contributed by atoms with Crippen molar-refractivity contribution in [1.82, 2.24) is 10.6 Å². The van der Waals surface area contributed by atoms with Crippen LogP contribution in [-0.4, -0.2) is 35.4 Å². The quantitative estimate of drug-likeness (QED) is 0.635. The number of carbonyl (C=O) groups is 3. The molecule has 0 fully saturated rings. The fourth-order valence-electron chi connectivity index (χ4n) is 2.42. The van der Waals surface area contributed by atoms with E-state index in [2.05, 4.69) is 10.6 Å². The fraction of sp³-hybridized carbons (Fsp3) is 0.500. The number of amides is 2. The number of rotatable bonds is 9. The third-order valence-corrected chi connectivity index (χ3v) is 3.82. The molecule has 132 valence electrons. The first-order valence-corrected chi connectivity index (χ1v) is 8.17. The van der Waals surface area contributed by atoms with E-state index < -0.39 is 24.0 Å². The van der Waals surface area contributed by atoms with Gasteiger partial charge in [-0.15, -0.1) is 0 Å². The molecule has 1 aromatic carbocycles. The highest BCUT2D eigenvalue weighted by molar-refractivity contribution is 5.91. The molecule has 0 saturated heterocycles. The van der Waals surface area contributed by atoms with Gasteiger partial charge in [-0.2, -0.15) is 0 Å². The van der Waals surface area contributed by atoms with Gasteiger partial charge in [0.1, 0.15) is 12.1 Å². The van der Waals surface area contributed by atoms with Crippen molar-refractivity contribution in [2.75, 3.05) is 6.54 Å². The maximum atomic E-state index is 12.0. The molecule has 1 aromatic rings. The van der Waals surface area contributed by atoms with Crippen LogP contribution in [0.5, 0.6) is 0 Å². The van der Waals surface area contributed by atoms with Gasteiger partial charge >= 0.3 is 0 Å². The Morgan fingerprint density at radius 3 is 2.33 bits per heavy atom. The number of hydrogen-bond donors (Lipinski definition) is 3. The molecular weight excluding hydrogens is 308 g/mol. The van der Waals surface area contributed by atoms with Gasteiger partial charge in [-0.25, -0.2) is 0 Å². The number of nitrogens with one attached hydrogen (secondary N) is 2. The Morgan fingerprint density at radius 2 is 1.79 bits per heavy atom. The summed E-state index contributed by atoms with van der Waals surface area (Å²) < 4.78 is 0. The van der Waals surface area contributed by atoms with Gasteiger partial charge in [0.25, 0.3) is 0 Å². The van der Waals surface area contributed by atoms with Gasteiger partial charge in [0, 0.05) is 0 Å². The number of aliphatic hydroxyl groups is 1.